The summed E-state index contributed by atoms with van der Waals surface area (Å²) in [5.41, 5.74) is 0.622. The quantitative estimate of drug-likeness (QED) is 0.557. The van der Waals surface area contributed by atoms with Crippen LogP contribution in [0.3, 0.4) is 0 Å². The van der Waals surface area contributed by atoms with Crippen LogP contribution in [0.15, 0.2) is 36.8 Å². The first-order valence-electron chi connectivity index (χ1n) is 10.8. The molecule has 9 heteroatoms. The Balaban J connectivity index is 1.67. The summed E-state index contributed by atoms with van der Waals surface area (Å²) in [6, 6.07) is 4.61. The lowest BCUT2D eigenvalue weighted by atomic mass is 9.95. The number of alkyl halides is 3. The molecule has 1 aliphatic carbocycles. The zero-order valence-corrected chi connectivity index (χ0v) is 18.0. The number of halogens is 3. The average Bonchev–Trinajstić information content (AvgIpc) is 3.16. The van der Waals surface area contributed by atoms with Crippen molar-refractivity contribution in [2.45, 2.75) is 64.2 Å². The van der Waals surface area contributed by atoms with Crippen LogP contribution in [-0.2, 0) is 6.18 Å². The highest BCUT2D eigenvalue weighted by atomic mass is 19.4. The Morgan fingerprint density at radius 3 is 2.56 bits per heavy atom. The minimum Gasteiger partial charge on any atom is -0.382 e. The number of rotatable bonds is 5. The van der Waals surface area contributed by atoms with E-state index in [9.17, 15) is 18.0 Å². The van der Waals surface area contributed by atoms with Gasteiger partial charge in [0.25, 0.3) is 5.91 Å². The van der Waals surface area contributed by atoms with Crippen molar-refractivity contribution in [3.05, 3.63) is 47.9 Å². The maximum atomic E-state index is 13.0. The molecular formula is C23H26F3N5O. The van der Waals surface area contributed by atoms with E-state index in [4.69, 9.17) is 0 Å². The molecule has 3 aromatic rings. The molecule has 0 bridgehead atoms. The molecule has 0 spiro atoms. The number of pyridine rings is 2. The molecule has 0 aromatic carbocycles. The third-order valence-corrected chi connectivity index (χ3v) is 5.62. The fourth-order valence-corrected chi connectivity index (χ4v) is 4.06. The number of carbonyl (C=O) groups is 1. The van der Waals surface area contributed by atoms with Crippen molar-refractivity contribution < 1.29 is 18.0 Å². The zero-order chi connectivity index (χ0) is 22.9. The number of hydrogen-bond acceptors (Lipinski definition) is 4. The van der Waals surface area contributed by atoms with Gasteiger partial charge in [-0.1, -0.05) is 19.3 Å². The van der Waals surface area contributed by atoms with Crippen LogP contribution in [-0.4, -0.2) is 32.5 Å². The summed E-state index contributed by atoms with van der Waals surface area (Å²) in [5.74, 6) is 0.286. The number of amides is 1. The van der Waals surface area contributed by atoms with Gasteiger partial charge in [-0.15, -0.1) is 0 Å². The van der Waals surface area contributed by atoms with Gasteiger partial charge in [-0.2, -0.15) is 13.2 Å². The monoisotopic (exact) mass is 445 g/mol. The second-order valence-electron chi connectivity index (χ2n) is 8.52. The number of carbonyl (C=O) groups excluding carboxylic acids is 1. The average molecular weight is 445 g/mol. The van der Waals surface area contributed by atoms with Gasteiger partial charge in [0.05, 0.1) is 16.8 Å². The molecule has 32 heavy (non-hydrogen) atoms. The lowest BCUT2D eigenvalue weighted by molar-refractivity contribution is -0.137. The van der Waals surface area contributed by atoms with E-state index < -0.39 is 11.7 Å². The second-order valence-corrected chi connectivity index (χ2v) is 8.52. The standard InChI is InChI=1S/C23H26F3N5O/c1-14(2)29-19-11-20(27-13-18(19)22(32)30-17-6-4-3-5-7-17)31-9-8-15-10-16(23(24,25)26)12-28-21(15)31/h8-14,17H,3-7H2,1-2H3,(H,27,29)(H,30,32). The Bertz CT molecular complexity index is 1120. The molecule has 3 heterocycles. The summed E-state index contributed by atoms with van der Waals surface area (Å²) >= 11 is 0. The summed E-state index contributed by atoms with van der Waals surface area (Å²) in [5, 5.41) is 6.76. The Kier molecular flexibility index (Phi) is 6.08. The first-order valence-corrected chi connectivity index (χ1v) is 10.8. The van der Waals surface area contributed by atoms with Crippen LogP contribution in [0.25, 0.3) is 16.9 Å². The second kappa shape index (κ2) is 8.80. The van der Waals surface area contributed by atoms with E-state index >= 15 is 0 Å². The third-order valence-electron chi connectivity index (χ3n) is 5.62. The van der Waals surface area contributed by atoms with E-state index in [0.717, 1.165) is 37.9 Å². The maximum absolute atomic E-state index is 13.0. The molecular weight excluding hydrogens is 419 g/mol. The van der Waals surface area contributed by atoms with E-state index in [2.05, 4.69) is 20.6 Å². The lowest BCUT2D eigenvalue weighted by Crippen LogP contribution is -2.36. The van der Waals surface area contributed by atoms with E-state index in [0.29, 0.717) is 28.1 Å². The molecule has 3 aromatic heterocycles. The van der Waals surface area contributed by atoms with Crippen molar-refractivity contribution in [1.29, 1.82) is 0 Å². The van der Waals surface area contributed by atoms with Crippen molar-refractivity contribution in [2.75, 3.05) is 5.32 Å². The van der Waals surface area contributed by atoms with Crippen molar-refractivity contribution in [2.24, 2.45) is 0 Å². The molecule has 170 valence electrons. The SMILES string of the molecule is CC(C)Nc1cc(-n2ccc3cc(C(F)(F)F)cnc32)ncc1C(=O)NC1CCCCC1. The molecule has 1 saturated carbocycles. The fourth-order valence-electron chi connectivity index (χ4n) is 4.06. The van der Waals surface area contributed by atoms with Crippen molar-refractivity contribution in [1.82, 2.24) is 19.9 Å². The molecule has 1 aliphatic rings. The van der Waals surface area contributed by atoms with E-state index in [1.165, 1.54) is 12.6 Å². The number of aromatic nitrogens is 3. The molecule has 2 N–H and O–H groups in total. The molecule has 0 saturated heterocycles. The van der Waals surface area contributed by atoms with Gasteiger partial charge in [-0.05, 0) is 38.8 Å². The Labute approximate surface area is 184 Å². The highest BCUT2D eigenvalue weighted by Gasteiger charge is 2.31. The largest absolute Gasteiger partial charge is 0.417 e. The number of hydrogen-bond donors (Lipinski definition) is 2. The summed E-state index contributed by atoms with van der Waals surface area (Å²) in [7, 11) is 0. The van der Waals surface area contributed by atoms with Gasteiger partial charge in [0.15, 0.2) is 0 Å². The Morgan fingerprint density at radius 1 is 1.12 bits per heavy atom. The van der Waals surface area contributed by atoms with Crippen LogP contribution in [0.1, 0.15) is 61.9 Å². The molecule has 0 radical (unpaired) electrons. The first-order chi connectivity index (χ1) is 15.2. The van der Waals surface area contributed by atoms with Crippen LogP contribution >= 0.6 is 0 Å². The van der Waals surface area contributed by atoms with Gasteiger partial charge in [0, 0.05) is 42.1 Å². The van der Waals surface area contributed by atoms with Gasteiger partial charge in [-0.3, -0.25) is 9.36 Å². The summed E-state index contributed by atoms with van der Waals surface area (Å²) < 4.78 is 40.6. The predicted molar refractivity (Wildman–Crippen MR) is 117 cm³/mol. The van der Waals surface area contributed by atoms with Crippen LogP contribution in [0.5, 0.6) is 0 Å². The van der Waals surface area contributed by atoms with Gasteiger partial charge < -0.3 is 10.6 Å². The molecule has 1 amide bonds. The van der Waals surface area contributed by atoms with Crippen LogP contribution < -0.4 is 10.6 Å². The number of anilines is 1. The van der Waals surface area contributed by atoms with Crippen LogP contribution in [0.2, 0.25) is 0 Å². The minimum atomic E-state index is -4.46. The normalized spacial score (nSPS) is 15.3. The van der Waals surface area contributed by atoms with E-state index in [1.54, 1.807) is 22.9 Å². The Hall–Kier alpha value is -3.10. The van der Waals surface area contributed by atoms with Gasteiger partial charge in [-0.25, -0.2) is 9.97 Å². The molecule has 6 nitrogen and oxygen atoms in total. The highest BCUT2D eigenvalue weighted by Crippen LogP contribution is 2.31. The smallest absolute Gasteiger partial charge is 0.382 e. The maximum Gasteiger partial charge on any atom is 0.417 e. The third kappa shape index (κ3) is 4.71. The number of nitrogens with one attached hydrogen (secondary N) is 2. The lowest BCUT2D eigenvalue weighted by Gasteiger charge is -2.23. The van der Waals surface area contributed by atoms with E-state index in [1.807, 2.05) is 13.8 Å². The van der Waals surface area contributed by atoms with Gasteiger partial charge in [0.1, 0.15) is 11.5 Å². The molecule has 0 aliphatic heterocycles. The van der Waals surface area contributed by atoms with Crippen molar-refractivity contribution >= 4 is 22.6 Å². The first kappa shape index (κ1) is 22.1. The van der Waals surface area contributed by atoms with Gasteiger partial charge >= 0.3 is 6.18 Å². The number of fused-ring (bicyclic) bond motifs is 1. The fraction of sp³-hybridized carbons (Fsp3) is 0.435. The summed E-state index contributed by atoms with van der Waals surface area (Å²) in [6.45, 7) is 3.93. The molecule has 1 fully saturated rings. The predicted octanol–water partition coefficient (Wildman–Crippen LogP) is 5.32. The van der Waals surface area contributed by atoms with E-state index in [-0.39, 0.29) is 18.0 Å². The minimum absolute atomic E-state index is 0.0698. The number of nitrogens with zero attached hydrogens (tertiary/aromatic N) is 3. The van der Waals surface area contributed by atoms with Crippen LogP contribution in [0.4, 0.5) is 18.9 Å². The molecule has 4 rings (SSSR count). The Morgan fingerprint density at radius 2 is 1.88 bits per heavy atom. The summed E-state index contributed by atoms with van der Waals surface area (Å²) in [4.78, 5) is 21.4. The molecule has 0 unspecified atom stereocenters. The highest BCUT2D eigenvalue weighted by molar-refractivity contribution is 5.99. The summed E-state index contributed by atoms with van der Waals surface area (Å²) in [6.07, 6.45) is 4.88. The zero-order valence-electron chi connectivity index (χ0n) is 18.0. The molecule has 0 atom stereocenters. The van der Waals surface area contributed by atoms with Crippen LogP contribution in [0, 0.1) is 0 Å². The van der Waals surface area contributed by atoms with Crippen molar-refractivity contribution in [3.8, 4) is 5.82 Å². The topological polar surface area (TPSA) is 71.8 Å². The van der Waals surface area contributed by atoms with Gasteiger partial charge in [0.2, 0.25) is 0 Å². The van der Waals surface area contributed by atoms with Crippen molar-refractivity contribution in [3.63, 3.8) is 0 Å².